The summed E-state index contributed by atoms with van der Waals surface area (Å²) in [4.78, 5) is 2.60. The Hall–Kier alpha value is -1.63. The number of halogens is 2. The molecule has 3 nitrogen and oxygen atoms in total. The van der Waals surface area contributed by atoms with Crippen LogP contribution in [-0.2, 0) is 0 Å². The molecule has 2 aromatic carbocycles. The highest BCUT2D eigenvalue weighted by atomic mass is 35.5. The maximum absolute atomic E-state index is 12.3. The van der Waals surface area contributed by atoms with Crippen LogP contribution in [0.1, 0.15) is 5.56 Å². The van der Waals surface area contributed by atoms with E-state index in [1.54, 1.807) is 23.4 Å². The van der Waals surface area contributed by atoms with E-state index in [0.29, 0.717) is 16.5 Å². The van der Waals surface area contributed by atoms with Crippen molar-refractivity contribution in [3.8, 4) is 0 Å². The van der Waals surface area contributed by atoms with E-state index in [-0.39, 0.29) is 12.6 Å². The van der Waals surface area contributed by atoms with Gasteiger partial charge in [-0.15, -0.1) is 11.8 Å². The fraction of sp³-hybridized carbons (Fsp3) is 0.176. The predicted octanol–water partition coefficient (Wildman–Crippen LogP) is 5.23. The Morgan fingerprint density at radius 3 is 2.88 bits per heavy atom. The van der Waals surface area contributed by atoms with Gasteiger partial charge in [0.1, 0.15) is 0 Å². The average Bonchev–Trinajstić information content (AvgIpc) is 2.61. The van der Waals surface area contributed by atoms with Gasteiger partial charge < -0.3 is 10.2 Å². The molecule has 0 aliphatic carbocycles. The lowest BCUT2D eigenvalue weighted by Gasteiger charge is -2.22. The molecular weight excluding hydrogens is 365 g/mol. The minimum Gasteiger partial charge on any atom is -0.325 e. The summed E-state index contributed by atoms with van der Waals surface area (Å²) in [6.45, 7) is -0.384. The third-order valence-electron chi connectivity index (χ3n) is 3.27. The van der Waals surface area contributed by atoms with Crippen LogP contribution < -0.4 is 10.2 Å². The molecule has 126 valence electrons. The SMILES string of the molecule is CN(C(=N)Nc1cc(SCCF)ccc1Cl)c1cccc(C=S)c1. The highest BCUT2D eigenvalue weighted by molar-refractivity contribution is 7.99. The summed E-state index contributed by atoms with van der Waals surface area (Å²) in [6, 6.07) is 13.0. The standard InChI is InChI=1S/C17H17ClFN3S2/c1-22(13-4-2-3-12(9-13)11-23)17(20)21-16-10-14(24-8-7-19)5-6-15(16)18/h2-6,9-11H,7-8H2,1H3,(H2,20,21). The first-order valence-corrected chi connectivity index (χ1v) is 9.01. The molecule has 2 N–H and O–H groups in total. The molecule has 0 spiro atoms. The second kappa shape index (κ2) is 9.01. The Labute approximate surface area is 155 Å². The number of guanidine groups is 1. The quantitative estimate of drug-likeness (QED) is 0.311. The Morgan fingerprint density at radius 1 is 1.38 bits per heavy atom. The summed E-state index contributed by atoms with van der Waals surface area (Å²) in [7, 11) is 1.79. The summed E-state index contributed by atoms with van der Waals surface area (Å²) >= 11 is 12.5. The molecule has 2 aromatic rings. The van der Waals surface area contributed by atoms with Crippen LogP contribution in [0, 0.1) is 5.41 Å². The van der Waals surface area contributed by atoms with Crippen molar-refractivity contribution in [1.82, 2.24) is 0 Å². The van der Waals surface area contributed by atoms with E-state index < -0.39 is 0 Å². The van der Waals surface area contributed by atoms with Crippen LogP contribution in [0.25, 0.3) is 0 Å². The number of benzene rings is 2. The Kier molecular flexibility index (Phi) is 7.02. The Bertz CT molecular complexity index is 740. The number of hydrogen-bond donors (Lipinski definition) is 2. The van der Waals surface area contributed by atoms with Crippen molar-refractivity contribution in [2.75, 3.05) is 29.7 Å². The van der Waals surface area contributed by atoms with Gasteiger partial charge in [0, 0.05) is 28.8 Å². The number of anilines is 2. The van der Waals surface area contributed by atoms with Gasteiger partial charge in [-0.2, -0.15) is 0 Å². The van der Waals surface area contributed by atoms with Crippen molar-refractivity contribution in [2.24, 2.45) is 0 Å². The first kappa shape index (κ1) is 18.7. The van der Waals surface area contributed by atoms with E-state index in [4.69, 9.17) is 29.2 Å². The molecule has 0 unspecified atom stereocenters. The normalized spacial score (nSPS) is 10.3. The van der Waals surface area contributed by atoms with E-state index in [1.807, 2.05) is 36.4 Å². The van der Waals surface area contributed by atoms with Crippen molar-refractivity contribution in [3.63, 3.8) is 0 Å². The number of thiocarbonyl (C=S) groups is 1. The molecule has 0 fully saturated rings. The third kappa shape index (κ3) is 4.93. The summed E-state index contributed by atoms with van der Waals surface area (Å²) < 4.78 is 12.3. The number of hydrogen-bond acceptors (Lipinski definition) is 3. The van der Waals surface area contributed by atoms with Gasteiger partial charge in [0.05, 0.1) is 17.4 Å². The fourth-order valence-corrected chi connectivity index (χ4v) is 2.98. The zero-order chi connectivity index (χ0) is 17.5. The number of nitrogens with one attached hydrogen (secondary N) is 2. The highest BCUT2D eigenvalue weighted by Crippen LogP contribution is 2.28. The Morgan fingerprint density at radius 2 is 2.17 bits per heavy atom. The van der Waals surface area contributed by atoms with Gasteiger partial charge in [0.25, 0.3) is 0 Å². The topological polar surface area (TPSA) is 39.1 Å². The molecule has 0 saturated carbocycles. The van der Waals surface area contributed by atoms with Crippen LogP contribution in [0.4, 0.5) is 15.8 Å². The molecule has 0 saturated heterocycles. The summed E-state index contributed by atoms with van der Waals surface area (Å²) in [6.07, 6.45) is 0. The molecular formula is C17H17ClFN3S2. The molecule has 0 aromatic heterocycles. The summed E-state index contributed by atoms with van der Waals surface area (Å²) in [5, 5.41) is 13.4. The lowest BCUT2D eigenvalue weighted by Crippen LogP contribution is -2.32. The number of thioether (sulfide) groups is 1. The van der Waals surface area contributed by atoms with Gasteiger partial charge in [-0.3, -0.25) is 9.80 Å². The van der Waals surface area contributed by atoms with E-state index in [2.05, 4.69) is 5.32 Å². The van der Waals surface area contributed by atoms with Gasteiger partial charge in [0.2, 0.25) is 0 Å². The van der Waals surface area contributed by atoms with Crippen LogP contribution in [0.15, 0.2) is 47.4 Å². The minimum atomic E-state index is -0.384. The number of nitrogens with zero attached hydrogens (tertiary/aromatic N) is 1. The molecule has 0 radical (unpaired) electrons. The molecule has 0 atom stereocenters. The molecule has 0 aliphatic rings. The van der Waals surface area contributed by atoms with Gasteiger partial charge in [-0.05, 0) is 35.9 Å². The Balaban J connectivity index is 2.14. The maximum Gasteiger partial charge on any atom is 0.199 e. The number of rotatable bonds is 6. The number of alkyl halides is 1. The zero-order valence-electron chi connectivity index (χ0n) is 13.1. The molecule has 0 aliphatic heterocycles. The van der Waals surface area contributed by atoms with E-state index in [9.17, 15) is 4.39 Å². The van der Waals surface area contributed by atoms with E-state index in [0.717, 1.165) is 16.1 Å². The van der Waals surface area contributed by atoms with E-state index >= 15 is 0 Å². The fourth-order valence-electron chi connectivity index (χ4n) is 1.99. The van der Waals surface area contributed by atoms with Gasteiger partial charge >= 0.3 is 0 Å². The lowest BCUT2D eigenvalue weighted by atomic mass is 10.2. The van der Waals surface area contributed by atoms with E-state index in [1.165, 1.54) is 11.8 Å². The largest absolute Gasteiger partial charge is 0.325 e. The highest BCUT2D eigenvalue weighted by Gasteiger charge is 2.10. The molecule has 0 heterocycles. The second-order valence-corrected chi connectivity index (χ2v) is 6.74. The lowest BCUT2D eigenvalue weighted by molar-refractivity contribution is 0.533. The summed E-state index contributed by atoms with van der Waals surface area (Å²) in [5.41, 5.74) is 2.36. The molecule has 24 heavy (non-hydrogen) atoms. The average molecular weight is 382 g/mol. The van der Waals surface area contributed by atoms with Crippen molar-refractivity contribution in [1.29, 1.82) is 5.41 Å². The van der Waals surface area contributed by atoms with Crippen LogP contribution in [0.2, 0.25) is 5.02 Å². The first-order chi connectivity index (χ1) is 11.5. The summed E-state index contributed by atoms with van der Waals surface area (Å²) in [5.74, 6) is 0.564. The first-order valence-electron chi connectivity index (χ1n) is 7.18. The maximum atomic E-state index is 12.3. The minimum absolute atomic E-state index is 0.172. The van der Waals surface area contributed by atoms with Crippen molar-refractivity contribution in [3.05, 3.63) is 53.1 Å². The molecule has 0 amide bonds. The smallest absolute Gasteiger partial charge is 0.199 e. The monoisotopic (exact) mass is 381 g/mol. The van der Waals surface area contributed by atoms with Crippen molar-refractivity contribution in [2.45, 2.75) is 4.90 Å². The third-order valence-corrected chi connectivity index (χ3v) is 4.81. The predicted molar refractivity (Wildman–Crippen MR) is 107 cm³/mol. The zero-order valence-corrected chi connectivity index (χ0v) is 15.4. The van der Waals surface area contributed by atoms with Gasteiger partial charge in [0.15, 0.2) is 5.96 Å². The molecule has 7 heteroatoms. The molecule has 0 bridgehead atoms. The van der Waals surface area contributed by atoms with Crippen LogP contribution in [-0.4, -0.2) is 30.8 Å². The van der Waals surface area contributed by atoms with Crippen molar-refractivity contribution < 1.29 is 4.39 Å². The van der Waals surface area contributed by atoms with Crippen molar-refractivity contribution >= 4 is 58.3 Å². The molecule has 2 rings (SSSR count). The van der Waals surface area contributed by atoms with Crippen LogP contribution >= 0.6 is 35.6 Å². The van der Waals surface area contributed by atoms with Crippen LogP contribution in [0.5, 0.6) is 0 Å². The van der Waals surface area contributed by atoms with Crippen LogP contribution in [0.3, 0.4) is 0 Å². The van der Waals surface area contributed by atoms with Gasteiger partial charge in [-0.25, -0.2) is 0 Å². The van der Waals surface area contributed by atoms with Gasteiger partial charge in [-0.1, -0.05) is 36.0 Å². The second-order valence-electron chi connectivity index (χ2n) is 4.92.